The fourth-order valence-electron chi connectivity index (χ4n) is 1.10. The van der Waals surface area contributed by atoms with E-state index in [9.17, 15) is 4.79 Å². The third-order valence-corrected chi connectivity index (χ3v) is 2.52. The van der Waals surface area contributed by atoms with Crippen molar-refractivity contribution < 1.29 is 4.79 Å². The van der Waals surface area contributed by atoms with E-state index in [4.69, 9.17) is 0 Å². The van der Waals surface area contributed by atoms with Crippen molar-refractivity contribution in [2.45, 2.75) is 40.5 Å². The van der Waals surface area contributed by atoms with E-state index in [1.54, 1.807) is 0 Å². The van der Waals surface area contributed by atoms with Gasteiger partial charge in [0.05, 0.1) is 0 Å². The molecule has 0 saturated carbocycles. The summed E-state index contributed by atoms with van der Waals surface area (Å²) in [5.74, 6) is 0.234. The van der Waals surface area contributed by atoms with Crippen molar-refractivity contribution in [1.82, 2.24) is 0 Å². The molecule has 1 atom stereocenters. The highest BCUT2D eigenvalue weighted by atomic mass is 16.1. The Bertz CT molecular complexity index is 105. The summed E-state index contributed by atoms with van der Waals surface area (Å²) < 4.78 is 0. The number of carbonyl (C=O) groups excluding carboxylic acids is 1. The fourth-order valence-corrected chi connectivity index (χ4v) is 1.10. The first-order valence-corrected chi connectivity index (χ1v) is 4.03. The Balaban J connectivity index is 4.10. The average Bonchev–Trinajstić information content (AvgIpc) is 1.90. The molecule has 0 rings (SSSR count). The normalized spacial score (nSPS) is 14.8. The van der Waals surface area contributed by atoms with Gasteiger partial charge in [-0.25, -0.2) is 0 Å². The van der Waals surface area contributed by atoms with E-state index in [1.807, 2.05) is 0 Å². The minimum Gasteiger partial charge on any atom is -0.303 e. The van der Waals surface area contributed by atoms with Crippen LogP contribution in [-0.4, -0.2) is 6.29 Å². The summed E-state index contributed by atoms with van der Waals surface area (Å²) in [7, 11) is 0. The van der Waals surface area contributed by atoms with E-state index < -0.39 is 0 Å². The molecule has 60 valence electrons. The molecule has 1 nitrogen and oxygen atoms in total. The number of hydrogen-bond donors (Lipinski definition) is 0. The fraction of sp³-hybridized carbons (Fsp3) is 0.889. The standard InChI is InChI=1S/C9H18O/c1-5-8(7-10)9(3,4)6-2/h7-8H,5-6H2,1-4H3/t8-/m0/s1. The molecular formula is C9H18O. The van der Waals surface area contributed by atoms with Gasteiger partial charge in [0, 0.05) is 5.92 Å². The third kappa shape index (κ3) is 2.13. The Labute approximate surface area is 63.8 Å². The van der Waals surface area contributed by atoms with Gasteiger partial charge in [-0.3, -0.25) is 0 Å². The van der Waals surface area contributed by atoms with E-state index >= 15 is 0 Å². The monoisotopic (exact) mass is 142 g/mol. The molecule has 1 heteroatoms. The molecule has 0 aliphatic heterocycles. The molecule has 0 saturated heterocycles. The van der Waals surface area contributed by atoms with Crippen LogP contribution in [0.25, 0.3) is 0 Å². The zero-order valence-corrected chi connectivity index (χ0v) is 7.48. The molecule has 0 aromatic heterocycles. The zero-order chi connectivity index (χ0) is 8.20. The Hall–Kier alpha value is -0.330. The molecule has 0 aromatic carbocycles. The van der Waals surface area contributed by atoms with Gasteiger partial charge in [0.25, 0.3) is 0 Å². The van der Waals surface area contributed by atoms with Gasteiger partial charge in [0.15, 0.2) is 0 Å². The van der Waals surface area contributed by atoms with Crippen molar-refractivity contribution in [3.05, 3.63) is 0 Å². The summed E-state index contributed by atoms with van der Waals surface area (Å²) in [6.07, 6.45) is 3.12. The highest BCUT2D eigenvalue weighted by molar-refractivity contribution is 5.54. The van der Waals surface area contributed by atoms with E-state index in [-0.39, 0.29) is 11.3 Å². The molecule has 0 radical (unpaired) electrons. The maximum absolute atomic E-state index is 10.5. The maximum atomic E-state index is 10.5. The molecule has 0 heterocycles. The largest absolute Gasteiger partial charge is 0.303 e. The van der Waals surface area contributed by atoms with Crippen LogP contribution in [0.2, 0.25) is 0 Å². The second kappa shape index (κ2) is 3.75. The molecule has 0 bridgehead atoms. The van der Waals surface area contributed by atoms with Gasteiger partial charge < -0.3 is 4.79 Å². The Morgan fingerprint density at radius 3 is 2.00 bits per heavy atom. The quantitative estimate of drug-likeness (QED) is 0.551. The molecular weight excluding hydrogens is 124 g/mol. The number of hydrogen-bond acceptors (Lipinski definition) is 1. The molecule has 0 unspecified atom stereocenters. The van der Waals surface area contributed by atoms with Crippen molar-refractivity contribution >= 4 is 6.29 Å². The summed E-state index contributed by atoms with van der Waals surface area (Å²) in [5.41, 5.74) is 0.191. The van der Waals surface area contributed by atoms with E-state index in [2.05, 4.69) is 27.7 Å². The molecule has 0 fully saturated rings. The summed E-state index contributed by atoms with van der Waals surface area (Å²) in [6.45, 7) is 8.49. The van der Waals surface area contributed by atoms with Crippen molar-refractivity contribution in [3.63, 3.8) is 0 Å². The van der Waals surface area contributed by atoms with E-state index in [0.29, 0.717) is 0 Å². The van der Waals surface area contributed by atoms with Gasteiger partial charge in [-0.1, -0.05) is 34.1 Å². The molecule has 0 aromatic rings. The van der Waals surface area contributed by atoms with Gasteiger partial charge >= 0.3 is 0 Å². The lowest BCUT2D eigenvalue weighted by atomic mass is 9.76. The first-order chi connectivity index (χ1) is 4.58. The summed E-state index contributed by atoms with van der Waals surface area (Å²) >= 11 is 0. The van der Waals surface area contributed by atoms with Gasteiger partial charge in [-0.2, -0.15) is 0 Å². The molecule has 10 heavy (non-hydrogen) atoms. The first-order valence-electron chi connectivity index (χ1n) is 4.03. The van der Waals surface area contributed by atoms with Crippen LogP contribution in [0.15, 0.2) is 0 Å². The summed E-state index contributed by atoms with van der Waals surface area (Å²) in [4.78, 5) is 10.5. The van der Waals surface area contributed by atoms with Gasteiger partial charge in [-0.15, -0.1) is 0 Å². The SMILES string of the molecule is CC[C@@H](C=O)C(C)(C)CC. The third-order valence-electron chi connectivity index (χ3n) is 2.52. The smallest absolute Gasteiger partial charge is 0.123 e. The van der Waals surface area contributed by atoms with Crippen LogP contribution in [0.5, 0.6) is 0 Å². The Morgan fingerprint density at radius 1 is 1.40 bits per heavy atom. The lowest BCUT2D eigenvalue weighted by Gasteiger charge is -2.28. The first kappa shape index (κ1) is 9.67. The minimum absolute atomic E-state index is 0.191. The average molecular weight is 142 g/mol. The molecule has 0 amide bonds. The highest BCUT2D eigenvalue weighted by Gasteiger charge is 2.25. The predicted octanol–water partition coefficient (Wildman–Crippen LogP) is 2.65. The Kier molecular flexibility index (Phi) is 3.62. The van der Waals surface area contributed by atoms with Crippen molar-refractivity contribution in [2.24, 2.45) is 11.3 Å². The molecule has 0 spiro atoms. The van der Waals surface area contributed by atoms with E-state index in [1.165, 1.54) is 0 Å². The van der Waals surface area contributed by atoms with Gasteiger partial charge in [0.2, 0.25) is 0 Å². The molecule has 0 aliphatic rings. The highest BCUT2D eigenvalue weighted by Crippen LogP contribution is 2.30. The second-order valence-corrected chi connectivity index (χ2v) is 3.49. The number of carbonyl (C=O) groups is 1. The van der Waals surface area contributed by atoms with Crippen LogP contribution >= 0.6 is 0 Å². The van der Waals surface area contributed by atoms with E-state index in [0.717, 1.165) is 19.1 Å². The number of aldehydes is 1. The van der Waals surface area contributed by atoms with Crippen molar-refractivity contribution in [2.75, 3.05) is 0 Å². The predicted molar refractivity (Wildman–Crippen MR) is 43.9 cm³/mol. The second-order valence-electron chi connectivity index (χ2n) is 3.49. The topological polar surface area (TPSA) is 17.1 Å². The van der Waals surface area contributed by atoms with Gasteiger partial charge in [-0.05, 0) is 11.8 Å². The minimum atomic E-state index is 0.191. The van der Waals surface area contributed by atoms with Crippen LogP contribution in [0.1, 0.15) is 40.5 Å². The summed E-state index contributed by atoms with van der Waals surface area (Å²) in [5, 5.41) is 0. The lowest BCUT2D eigenvalue weighted by molar-refractivity contribution is -0.114. The molecule has 0 N–H and O–H groups in total. The summed E-state index contributed by atoms with van der Waals surface area (Å²) in [6, 6.07) is 0. The van der Waals surface area contributed by atoms with Gasteiger partial charge in [0.1, 0.15) is 6.29 Å². The lowest BCUT2D eigenvalue weighted by Crippen LogP contribution is -2.23. The number of rotatable bonds is 4. The Morgan fingerprint density at radius 2 is 1.90 bits per heavy atom. The van der Waals surface area contributed by atoms with Crippen molar-refractivity contribution in [1.29, 1.82) is 0 Å². The van der Waals surface area contributed by atoms with Crippen LogP contribution in [0, 0.1) is 11.3 Å². The zero-order valence-electron chi connectivity index (χ0n) is 7.48. The molecule has 0 aliphatic carbocycles. The van der Waals surface area contributed by atoms with Crippen LogP contribution in [-0.2, 0) is 4.79 Å². The van der Waals surface area contributed by atoms with Crippen LogP contribution in [0.4, 0.5) is 0 Å². The van der Waals surface area contributed by atoms with Crippen molar-refractivity contribution in [3.8, 4) is 0 Å². The van der Waals surface area contributed by atoms with Crippen LogP contribution < -0.4 is 0 Å². The van der Waals surface area contributed by atoms with Crippen LogP contribution in [0.3, 0.4) is 0 Å². The maximum Gasteiger partial charge on any atom is 0.123 e.